The lowest BCUT2D eigenvalue weighted by Crippen LogP contribution is -2.75. The van der Waals surface area contributed by atoms with Crippen LogP contribution >= 0.6 is 38.9 Å². The highest BCUT2D eigenvalue weighted by atomic mass is 79.9. The predicted molar refractivity (Wildman–Crippen MR) is 111 cm³/mol. The Kier molecular flexibility index (Phi) is 5.43. The van der Waals surface area contributed by atoms with E-state index in [0.717, 1.165) is 15.1 Å². The Morgan fingerprint density at radius 2 is 2.07 bits per heavy atom. The van der Waals surface area contributed by atoms with Crippen LogP contribution in [0.1, 0.15) is 51.8 Å². The van der Waals surface area contributed by atoms with Crippen molar-refractivity contribution in [3.05, 3.63) is 19.8 Å². The van der Waals surface area contributed by atoms with Crippen molar-refractivity contribution in [1.29, 1.82) is 0 Å². The molecule has 1 aromatic heterocycles. The van der Waals surface area contributed by atoms with Gasteiger partial charge in [0.05, 0.1) is 20.1 Å². The first-order valence-electron chi connectivity index (χ1n) is 8.73. The summed E-state index contributed by atoms with van der Waals surface area (Å²) in [5.41, 5.74) is -1.58. The van der Waals surface area contributed by atoms with Crippen LogP contribution in [0.2, 0.25) is 5.02 Å². The van der Waals surface area contributed by atoms with Crippen molar-refractivity contribution in [1.82, 2.24) is 10.6 Å². The lowest BCUT2D eigenvalue weighted by Gasteiger charge is -2.54. The molecule has 1 saturated heterocycles. The molecule has 3 rings (SSSR count). The predicted octanol–water partition coefficient (Wildman–Crippen LogP) is 4.17. The second-order valence-electron chi connectivity index (χ2n) is 8.46. The lowest BCUT2D eigenvalue weighted by molar-refractivity contribution is 0.0430. The second-order valence-corrected chi connectivity index (χ2v) is 13.6. The van der Waals surface area contributed by atoms with E-state index in [4.69, 9.17) is 16.3 Å². The number of nitrogens with one attached hydrogen (secondary N) is 2. The van der Waals surface area contributed by atoms with Gasteiger partial charge in [0, 0.05) is 4.88 Å². The summed E-state index contributed by atoms with van der Waals surface area (Å²) in [4.78, 5) is 13.1. The zero-order chi connectivity index (χ0) is 20.3. The van der Waals surface area contributed by atoms with Crippen LogP contribution in [-0.2, 0) is 20.1 Å². The molecular formula is C17H24BrClN2O4S2. The molecule has 2 unspecified atom stereocenters. The van der Waals surface area contributed by atoms with Gasteiger partial charge in [-0.3, -0.25) is 5.32 Å². The third-order valence-corrected chi connectivity index (χ3v) is 10.3. The molecule has 1 aromatic rings. The molecule has 0 radical (unpaired) electrons. The van der Waals surface area contributed by atoms with Crippen LogP contribution in [0, 0.1) is 0 Å². The summed E-state index contributed by atoms with van der Waals surface area (Å²) in [6.45, 7) is 7.11. The molecule has 0 aromatic carbocycles. The van der Waals surface area contributed by atoms with Crippen LogP contribution in [-0.4, -0.2) is 36.8 Å². The molecule has 1 saturated carbocycles. The summed E-state index contributed by atoms with van der Waals surface area (Å²) in [5, 5.41) is 6.65. The third kappa shape index (κ3) is 3.90. The molecular weight excluding hydrogens is 476 g/mol. The maximum absolute atomic E-state index is 13.3. The highest BCUT2D eigenvalue weighted by Crippen LogP contribution is 2.49. The maximum atomic E-state index is 13.3. The molecule has 2 fully saturated rings. The Morgan fingerprint density at radius 3 is 2.52 bits per heavy atom. The fraction of sp³-hybridized carbons (Fsp3) is 0.706. The number of sulfone groups is 1. The van der Waals surface area contributed by atoms with Crippen molar-refractivity contribution in [2.24, 2.45) is 0 Å². The van der Waals surface area contributed by atoms with E-state index in [2.05, 4.69) is 26.6 Å². The molecule has 2 N–H and O–H groups in total. The van der Waals surface area contributed by atoms with E-state index in [1.807, 2.05) is 6.92 Å². The highest BCUT2D eigenvalue weighted by molar-refractivity contribution is 9.11. The molecule has 2 aliphatic rings. The van der Waals surface area contributed by atoms with Gasteiger partial charge >= 0.3 is 6.09 Å². The van der Waals surface area contributed by atoms with Crippen molar-refractivity contribution in [2.75, 3.05) is 5.75 Å². The number of thiophene rings is 1. The van der Waals surface area contributed by atoms with Gasteiger partial charge in [0.1, 0.15) is 16.5 Å². The number of hydrogen-bond acceptors (Lipinski definition) is 6. The number of alkyl carbamates (subject to hydrolysis) is 1. The minimum absolute atomic E-state index is 0.0703. The van der Waals surface area contributed by atoms with Gasteiger partial charge in [-0.15, -0.1) is 11.3 Å². The highest BCUT2D eigenvalue weighted by Gasteiger charge is 2.61. The first-order valence-corrected chi connectivity index (χ1v) is 12.4. The zero-order valence-electron chi connectivity index (χ0n) is 15.7. The van der Waals surface area contributed by atoms with E-state index < -0.39 is 38.0 Å². The number of carbonyl (C=O) groups excluding carboxylic acids is 1. The van der Waals surface area contributed by atoms with Gasteiger partial charge in [0.15, 0.2) is 9.84 Å². The van der Waals surface area contributed by atoms with Crippen molar-refractivity contribution >= 4 is 54.8 Å². The smallest absolute Gasteiger partial charge is 0.408 e. The van der Waals surface area contributed by atoms with Gasteiger partial charge in [0.25, 0.3) is 0 Å². The largest absolute Gasteiger partial charge is 0.444 e. The standard InChI is InChI=1S/C17H24BrClN2O4S2/c1-15(2,3)25-14(22)20-13-17(6-5-7-17)27(23,24)9-16(4,21-13)12-10(19)8-11(18)26-12/h8,13,21H,5-7,9H2,1-4H3,(H,20,22). The van der Waals surface area contributed by atoms with Crippen LogP contribution in [0.15, 0.2) is 9.85 Å². The van der Waals surface area contributed by atoms with Crippen molar-refractivity contribution in [3.63, 3.8) is 0 Å². The number of rotatable bonds is 2. The van der Waals surface area contributed by atoms with E-state index in [9.17, 15) is 13.2 Å². The number of halogens is 2. The second kappa shape index (κ2) is 6.86. The third-order valence-electron chi connectivity index (χ3n) is 5.11. The Bertz CT molecular complexity index is 861. The SMILES string of the molecule is CC(C)(C)OC(=O)NC1NC(C)(c2sc(Br)cc2Cl)CS(=O)(=O)C12CCC2. The van der Waals surface area contributed by atoms with E-state index in [1.54, 1.807) is 26.8 Å². The number of carbonyl (C=O) groups is 1. The van der Waals surface area contributed by atoms with E-state index >= 15 is 0 Å². The first-order chi connectivity index (χ1) is 12.3. The Hall–Kier alpha value is -0.350. The normalized spacial score (nSPS) is 29.2. The monoisotopic (exact) mass is 498 g/mol. The van der Waals surface area contributed by atoms with E-state index in [-0.39, 0.29) is 5.75 Å². The molecule has 0 bridgehead atoms. The van der Waals surface area contributed by atoms with Gasteiger partial charge in [-0.2, -0.15) is 0 Å². The fourth-order valence-electron chi connectivity index (χ4n) is 3.76. The molecule has 1 aliphatic heterocycles. The zero-order valence-corrected chi connectivity index (χ0v) is 19.7. The quantitative estimate of drug-likeness (QED) is 0.638. The topological polar surface area (TPSA) is 84.5 Å². The first kappa shape index (κ1) is 21.4. The van der Waals surface area contributed by atoms with Crippen LogP contribution < -0.4 is 10.6 Å². The Labute approximate surface area is 177 Å². The molecule has 2 atom stereocenters. The van der Waals surface area contributed by atoms with Gasteiger partial charge in [-0.05, 0) is 62.5 Å². The minimum Gasteiger partial charge on any atom is -0.444 e. The molecule has 1 aliphatic carbocycles. The van der Waals surface area contributed by atoms with Crippen LogP contribution in [0.3, 0.4) is 0 Å². The molecule has 10 heteroatoms. The van der Waals surface area contributed by atoms with E-state index in [1.165, 1.54) is 11.3 Å². The average Bonchev–Trinajstić information content (AvgIpc) is 2.72. The van der Waals surface area contributed by atoms with Crippen LogP contribution in [0.5, 0.6) is 0 Å². The lowest BCUT2D eigenvalue weighted by atomic mass is 9.80. The van der Waals surface area contributed by atoms with E-state index in [0.29, 0.717) is 17.9 Å². The molecule has 1 spiro atoms. The number of hydrogen-bond donors (Lipinski definition) is 2. The molecule has 1 amide bonds. The van der Waals surface area contributed by atoms with Crippen LogP contribution in [0.4, 0.5) is 4.79 Å². The van der Waals surface area contributed by atoms with Gasteiger partial charge in [0.2, 0.25) is 0 Å². The summed E-state index contributed by atoms with van der Waals surface area (Å²) in [6, 6.07) is 1.76. The summed E-state index contributed by atoms with van der Waals surface area (Å²) >= 11 is 11.2. The number of ether oxygens (including phenoxy) is 1. The van der Waals surface area contributed by atoms with Gasteiger partial charge < -0.3 is 10.1 Å². The summed E-state index contributed by atoms with van der Waals surface area (Å²) in [5.74, 6) is -0.0703. The summed E-state index contributed by atoms with van der Waals surface area (Å²) in [6.07, 6.45) is 0.461. The van der Waals surface area contributed by atoms with Gasteiger partial charge in [-0.25, -0.2) is 13.2 Å². The van der Waals surface area contributed by atoms with Crippen molar-refractivity contribution in [3.8, 4) is 0 Å². The van der Waals surface area contributed by atoms with Gasteiger partial charge in [-0.1, -0.05) is 18.0 Å². The number of amides is 1. The van der Waals surface area contributed by atoms with Crippen molar-refractivity contribution < 1.29 is 17.9 Å². The Morgan fingerprint density at radius 1 is 1.44 bits per heavy atom. The van der Waals surface area contributed by atoms with Crippen LogP contribution in [0.25, 0.3) is 0 Å². The molecule has 152 valence electrons. The average molecular weight is 500 g/mol. The molecule has 27 heavy (non-hydrogen) atoms. The molecule has 6 nitrogen and oxygen atoms in total. The van der Waals surface area contributed by atoms with Crippen molar-refractivity contribution in [2.45, 2.75) is 69.0 Å². The molecule has 2 heterocycles. The minimum atomic E-state index is -3.49. The summed E-state index contributed by atoms with van der Waals surface area (Å²) < 4.78 is 31.8. The Balaban J connectivity index is 1.96. The fourth-order valence-corrected chi connectivity index (χ4v) is 8.74. The maximum Gasteiger partial charge on any atom is 0.408 e. The summed E-state index contributed by atoms with van der Waals surface area (Å²) in [7, 11) is -3.49.